The molecule has 0 atom stereocenters. The van der Waals surface area contributed by atoms with Gasteiger partial charge in [-0.25, -0.2) is 4.98 Å². The van der Waals surface area contributed by atoms with Crippen molar-refractivity contribution in [2.75, 3.05) is 0 Å². The maximum atomic E-state index is 13.5. The van der Waals surface area contributed by atoms with Gasteiger partial charge in [0.2, 0.25) is 0 Å². The van der Waals surface area contributed by atoms with Crippen LogP contribution in [0.25, 0.3) is 11.0 Å². The Bertz CT molecular complexity index is 1190. The number of thioether (sulfide) groups is 1. The molecular weight excluding hydrogens is 380 g/mol. The molecule has 148 valence electrons. The number of fused-ring (bicyclic) bond motifs is 1. The van der Waals surface area contributed by atoms with Crippen LogP contribution in [0.15, 0.2) is 64.5 Å². The number of hydrogen-bond acceptors (Lipinski definition) is 4. The summed E-state index contributed by atoms with van der Waals surface area (Å²) in [5, 5.41) is 5.25. The molecule has 0 amide bonds. The summed E-state index contributed by atoms with van der Waals surface area (Å²) in [6, 6.07) is 18.5. The standard InChI is InChI=1S/C23H24N4OS/c1-4-27-21-20(17(3)25-27)24-23(29-15-19-8-6-5-7-9-19)26(22(21)28)14-18-12-10-16(2)11-13-18/h5-13H,4,14-15H2,1-3H3. The third-order valence-corrected chi connectivity index (χ3v) is 6.00. The van der Waals surface area contributed by atoms with E-state index in [1.807, 2.05) is 32.0 Å². The van der Waals surface area contributed by atoms with Crippen LogP contribution in [0.2, 0.25) is 0 Å². The van der Waals surface area contributed by atoms with Crippen LogP contribution in [-0.2, 0) is 18.8 Å². The summed E-state index contributed by atoms with van der Waals surface area (Å²) in [7, 11) is 0. The lowest BCUT2D eigenvalue weighted by Crippen LogP contribution is -2.25. The number of aryl methyl sites for hydroxylation is 3. The van der Waals surface area contributed by atoms with Crippen LogP contribution in [0.5, 0.6) is 0 Å². The summed E-state index contributed by atoms with van der Waals surface area (Å²) in [6.07, 6.45) is 0. The third kappa shape index (κ3) is 3.98. The molecule has 0 unspecified atom stereocenters. The lowest BCUT2D eigenvalue weighted by atomic mass is 10.1. The van der Waals surface area contributed by atoms with E-state index in [1.165, 1.54) is 11.1 Å². The SMILES string of the molecule is CCn1nc(C)c2nc(SCc3ccccc3)n(Cc3ccc(C)cc3)c(=O)c21. The molecule has 0 saturated carbocycles. The van der Waals surface area contributed by atoms with Crippen molar-refractivity contribution in [3.05, 3.63) is 87.3 Å². The number of hydrogen-bond donors (Lipinski definition) is 0. The van der Waals surface area contributed by atoms with E-state index < -0.39 is 0 Å². The molecule has 0 fully saturated rings. The molecule has 4 rings (SSSR count). The van der Waals surface area contributed by atoms with E-state index in [2.05, 4.69) is 48.4 Å². The van der Waals surface area contributed by atoms with Gasteiger partial charge in [-0.2, -0.15) is 5.10 Å². The van der Waals surface area contributed by atoms with Crippen LogP contribution in [0, 0.1) is 13.8 Å². The lowest BCUT2D eigenvalue weighted by Gasteiger charge is -2.13. The second kappa shape index (κ2) is 8.25. The van der Waals surface area contributed by atoms with Gasteiger partial charge in [-0.1, -0.05) is 71.9 Å². The minimum Gasteiger partial charge on any atom is -0.281 e. The molecule has 2 heterocycles. The van der Waals surface area contributed by atoms with Gasteiger partial charge in [0.1, 0.15) is 5.52 Å². The highest BCUT2D eigenvalue weighted by Gasteiger charge is 2.18. The van der Waals surface area contributed by atoms with Gasteiger partial charge >= 0.3 is 0 Å². The van der Waals surface area contributed by atoms with Crippen molar-refractivity contribution in [3.63, 3.8) is 0 Å². The molecule has 5 nitrogen and oxygen atoms in total. The molecule has 2 aromatic carbocycles. The first kappa shape index (κ1) is 19.5. The van der Waals surface area contributed by atoms with Gasteiger partial charge in [0.05, 0.1) is 12.2 Å². The Balaban J connectivity index is 1.81. The van der Waals surface area contributed by atoms with E-state index in [-0.39, 0.29) is 5.56 Å². The monoisotopic (exact) mass is 404 g/mol. The average Bonchev–Trinajstić information content (AvgIpc) is 3.07. The van der Waals surface area contributed by atoms with Gasteiger partial charge in [-0.05, 0) is 31.9 Å². The molecule has 0 bridgehead atoms. The zero-order valence-corrected chi connectivity index (χ0v) is 17.7. The topological polar surface area (TPSA) is 52.7 Å². The van der Waals surface area contributed by atoms with Crippen molar-refractivity contribution >= 4 is 22.8 Å². The largest absolute Gasteiger partial charge is 0.281 e. The number of nitrogens with zero attached hydrogens (tertiary/aromatic N) is 4. The fraction of sp³-hybridized carbons (Fsp3) is 0.261. The first-order chi connectivity index (χ1) is 14.1. The summed E-state index contributed by atoms with van der Waals surface area (Å²) in [5.74, 6) is 0.758. The molecule has 0 spiro atoms. The molecule has 2 aromatic heterocycles. The van der Waals surface area contributed by atoms with E-state index in [1.54, 1.807) is 21.0 Å². The van der Waals surface area contributed by atoms with Crippen molar-refractivity contribution in [2.24, 2.45) is 0 Å². The van der Waals surface area contributed by atoms with Gasteiger partial charge in [0.25, 0.3) is 5.56 Å². The summed E-state index contributed by atoms with van der Waals surface area (Å²) < 4.78 is 3.55. The van der Waals surface area contributed by atoms with Gasteiger partial charge in [-0.3, -0.25) is 14.0 Å². The van der Waals surface area contributed by atoms with Crippen LogP contribution >= 0.6 is 11.8 Å². The quantitative estimate of drug-likeness (QED) is 0.349. The van der Waals surface area contributed by atoms with E-state index in [0.29, 0.717) is 24.1 Å². The van der Waals surface area contributed by atoms with Crippen molar-refractivity contribution in [3.8, 4) is 0 Å². The molecule has 6 heteroatoms. The molecule has 0 radical (unpaired) electrons. The first-order valence-corrected chi connectivity index (χ1v) is 10.8. The number of rotatable bonds is 6. The predicted octanol–water partition coefficient (Wildman–Crippen LogP) is 4.57. The van der Waals surface area contributed by atoms with Crippen molar-refractivity contribution < 1.29 is 0 Å². The van der Waals surface area contributed by atoms with Crippen LogP contribution in [0.1, 0.15) is 29.3 Å². The van der Waals surface area contributed by atoms with Crippen molar-refractivity contribution in [1.82, 2.24) is 19.3 Å². The van der Waals surface area contributed by atoms with Crippen molar-refractivity contribution in [2.45, 2.75) is 44.8 Å². The minimum atomic E-state index is -0.0337. The van der Waals surface area contributed by atoms with Crippen molar-refractivity contribution in [1.29, 1.82) is 0 Å². The van der Waals surface area contributed by atoms with E-state index >= 15 is 0 Å². The Hall–Kier alpha value is -2.86. The Morgan fingerprint density at radius 1 is 0.966 bits per heavy atom. The molecule has 0 aliphatic carbocycles. The van der Waals surface area contributed by atoms with Crippen LogP contribution < -0.4 is 5.56 Å². The van der Waals surface area contributed by atoms with E-state index in [4.69, 9.17) is 4.98 Å². The number of aromatic nitrogens is 4. The highest BCUT2D eigenvalue weighted by molar-refractivity contribution is 7.98. The Labute approximate surface area is 174 Å². The molecule has 4 aromatic rings. The zero-order chi connectivity index (χ0) is 20.4. The van der Waals surface area contributed by atoms with Gasteiger partial charge in [0.15, 0.2) is 10.7 Å². The van der Waals surface area contributed by atoms with Crippen LogP contribution in [-0.4, -0.2) is 19.3 Å². The van der Waals surface area contributed by atoms with E-state index in [0.717, 1.165) is 22.2 Å². The Morgan fingerprint density at radius 3 is 2.38 bits per heavy atom. The smallest absolute Gasteiger partial charge is 0.280 e. The van der Waals surface area contributed by atoms with Gasteiger partial charge < -0.3 is 0 Å². The fourth-order valence-electron chi connectivity index (χ4n) is 3.36. The lowest BCUT2D eigenvalue weighted by molar-refractivity contribution is 0.636. The molecule has 29 heavy (non-hydrogen) atoms. The summed E-state index contributed by atoms with van der Waals surface area (Å²) >= 11 is 1.59. The molecular formula is C23H24N4OS. The summed E-state index contributed by atoms with van der Waals surface area (Å²) in [5.41, 5.74) is 5.53. The summed E-state index contributed by atoms with van der Waals surface area (Å²) in [6.45, 7) is 7.10. The second-order valence-electron chi connectivity index (χ2n) is 7.14. The zero-order valence-electron chi connectivity index (χ0n) is 16.9. The third-order valence-electron chi connectivity index (χ3n) is 4.95. The second-order valence-corrected chi connectivity index (χ2v) is 8.09. The Kier molecular flexibility index (Phi) is 5.53. The highest BCUT2D eigenvalue weighted by Crippen LogP contribution is 2.24. The molecule has 0 aliphatic rings. The maximum Gasteiger partial charge on any atom is 0.280 e. The first-order valence-electron chi connectivity index (χ1n) is 9.77. The Morgan fingerprint density at radius 2 is 1.69 bits per heavy atom. The molecule has 0 aliphatic heterocycles. The molecule has 0 saturated heterocycles. The van der Waals surface area contributed by atoms with Crippen LogP contribution in [0.3, 0.4) is 0 Å². The minimum absolute atomic E-state index is 0.0337. The highest BCUT2D eigenvalue weighted by atomic mass is 32.2. The number of benzene rings is 2. The average molecular weight is 405 g/mol. The maximum absolute atomic E-state index is 13.5. The van der Waals surface area contributed by atoms with Gasteiger partial charge in [-0.15, -0.1) is 0 Å². The fourth-order valence-corrected chi connectivity index (χ4v) is 4.31. The van der Waals surface area contributed by atoms with Crippen LogP contribution in [0.4, 0.5) is 0 Å². The normalized spacial score (nSPS) is 11.3. The van der Waals surface area contributed by atoms with E-state index in [9.17, 15) is 4.79 Å². The van der Waals surface area contributed by atoms with Gasteiger partial charge in [0, 0.05) is 12.3 Å². The summed E-state index contributed by atoms with van der Waals surface area (Å²) in [4.78, 5) is 18.3. The molecule has 0 N–H and O–H groups in total. The predicted molar refractivity (Wildman–Crippen MR) is 118 cm³/mol.